The van der Waals surface area contributed by atoms with Crippen molar-refractivity contribution in [2.45, 2.75) is 38.7 Å². The maximum atomic E-state index is 13.6. The number of piperazine rings is 1. The number of hydrogen-bond acceptors (Lipinski definition) is 5. The number of hydrogen-bond donors (Lipinski definition) is 0. The van der Waals surface area contributed by atoms with E-state index in [1.54, 1.807) is 6.07 Å². The van der Waals surface area contributed by atoms with Gasteiger partial charge in [-0.1, -0.05) is 24.1 Å². The molecule has 1 aliphatic heterocycles. The van der Waals surface area contributed by atoms with Gasteiger partial charge in [0.2, 0.25) is 0 Å². The molecule has 248 valence electrons. The van der Waals surface area contributed by atoms with Crippen LogP contribution in [-0.2, 0) is 23.5 Å². The number of halogens is 8. The predicted molar refractivity (Wildman–Crippen MR) is 164 cm³/mol. The average molecular weight is 691 g/mol. The number of rotatable bonds is 5. The molecule has 6 nitrogen and oxygen atoms in total. The van der Waals surface area contributed by atoms with Crippen LogP contribution in [0.25, 0.3) is 0 Å². The average Bonchev–Trinajstić information content (AvgIpc) is 2.97. The molecule has 4 rings (SSSR count). The van der Waals surface area contributed by atoms with Gasteiger partial charge in [0.25, 0.3) is 5.91 Å². The standard InChI is InChI=1S/C32H29F6N3O3.2ClH/c1-20-8-9-22(14-21(20)2)15-26-19-40(11-5-7-28-27(30(43)44-3)6-4-10-39-28)12-13-41(26)29(42)23-16-24(31(33,34)35)18-25(17-23)32(36,37)38;;/h4,6,8-10,14,16-18,26H,11-13,15,19H2,1-3H3;2*1H/t26-;;/m1../s1. The third kappa shape index (κ3) is 9.37. The summed E-state index contributed by atoms with van der Waals surface area (Å²) in [5.41, 5.74) is -0.437. The number of ether oxygens (including phenoxy) is 1. The molecule has 1 aromatic heterocycles. The van der Waals surface area contributed by atoms with Crippen LogP contribution in [-0.4, -0.2) is 66.0 Å². The number of carbonyl (C=O) groups excluding carboxylic acids is 2. The van der Waals surface area contributed by atoms with Gasteiger partial charge in [0.15, 0.2) is 0 Å². The van der Waals surface area contributed by atoms with Gasteiger partial charge in [-0.3, -0.25) is 9.69 Å². The summed E-state index contributed by atoms with van der Waals surface area (Å²) in [5, 5.41) is 0. The monoisotopic (exact) mass is 689 g/mol. The molecular weight excluding hydrogens is 659 g/mol. The Morgan fingerprint density at radius 1 is 0.935 bits per heavy atom. The minimum atomic E-state index is -5.08. The van der Waals surface area contributed by atoms with Crippen molar-refractivity contribution in [3.8, 4) is 11.8 Å². The number of nitrogens with zero attached hydrogens (tertiary/aromatic N) is 3. The Bertz CT molecular complexity index is 1590. The number of amides is 1. The van der Waals surface area contributed by atoms with E-state index in [0.29, 0.717) is 18.6 Å². The van der Waals surface area contributed by atoms with Gasteiger partial charge in [-0.15, -0.1) is 24.8 Å². The van der Waals surface area contributed by atoms with E-state index in [2.05, 4.69) is 16.8 Å². The fourth-order valence-electron chi connectivity index (χ4n) is 4.97. The van der Waals surface area contributed by atoms with E-state index in [0.717, 1.165) is 16.7 Å². The van der Waals surface area contributed by atoms with Gasteiger partial charge in [0, 0.05) is 37.4 Å². The Kier molecular flexibility index (Phi) is 13.1. The highest BCUT2D eigenvalue weighted by molar-refractivity contribution is 5.95. The lowest BCUT2D eigenvalue weighted by atomic mass is 9.97. The van der Waals surface area contributed by atoms with Gasteiger partial charge >= 0.3 is 18.3 Å². The second-order valence-electron chi connectivity index (χ2n) is 10.5. The molecule has 46 heavy (non-hydrogen) atoms. The Labute approximate surface area is 274 Å². The van der Waals surface area contributed by atoms with Crippen molar-refractivity contribution >= 4 is 36.7 Å². The molecule has 1 aliphatic rings. The largest absolute Gasteiger partial charge is 0.465 e. The molecule has 14 heteroatoms. The number of aromatic nitrogens is 1. The summed E-state index contributed by atoms with van der Waals surface area (Å²) in [5.74, 6) is 4.31. The summed E-state index contributed by atoms with van der Waals surface area (Å²) < 4.78 is 85.9. The molecule has 1 amide bonds. The molecule has 2 aromatic carbocycles. The highest BCUT2D eigenvalue weighted by Crippen LogP contribution is 2.37. The van der Waals surface area contributed by atoms with Crippen molar-refractivity contribution in [3.63, 3.8) is 0 Å². The van der Waals surface area contributed by atoms with Crippen molar-refractivity contribution < 1.29 is 40.7 Å². The maximum Gasteiger partial charge on any atom is 0.416 e. The van der Waals surface area contributed by atoms with Crippen LogP contribution in [0.1, 0.15) is 54.2 Å². The predicted octanol–water partition coefficient (Wildman–Crippen LogP) is 6.79. The molecule has 0 bridgehead atoms. The van der Waals surface area contributed by atoms with E-state index in [1.807, 2.05) is 36.9 Å². The van der Waals surface area contributed by atoms with Gasteiger partial charge in [0.1, 0.15) is 5.69 Å². The zero-order chi connectivity index (χ0) is 32.2. The number of pyridine rings is 1. The van der Waals surface area contributed by atoms with E-state index in [4.69, 9.17) is 4.74 Å². The summed E-state index contributed by atoms with van der Waals surface area (Å²) in [6.07, 6.45) is -8.35. The maximum absolute atomic E-state index is 13.6. The lowest BCUT2D eigenvalue weighted by molar-refractivity contribution is -0.143. The molecular formula is C32H31Cl2F6N3O3. The van der Waals surface area contributed by atoms with E-state index >= 15 is 0 Å². The van der Waals surface area contributed by atoms with Crippen LogP contribution in [0.15, 0.2) is 54.7 Å². The van der Waals surface area contributed by atoms with Crippen molar-refractivity contribution in [2.75, 3.05) is 33.3 Å². The molecule has 2 heterocycles. The quantitative estimate of drug-likeness (QED) is 0.168. The minimum absolute atomic E-state index is 0. The van der Waals surface area contributed by atoms with Gasteiger partial charge in [0.05, 0.1) is 30.3 Å². The van der Waals surface area contributed by atoms with E-state index in [9.17, 15) is 35.9 Å². The summed E-state index contributed by atoms with van der Waals surface area (Å²) >= 11 is 0. The van der Waals surface area contributed by atoms with Crippen molar-refractivity contribution in [1.82, 2.24) is 14.8 Å². The Morgan fingerprint density at radius 2 is 1.59 bits per heavy atom. The summed E-state index contributed by atoms with van der Waals surface area (Å²) in [6, 6.07) is 9.21. The Balaban J connectivity index is 0.00000368. The fraction of sp³-hybridized carbons (Fsp3) is 0.344. The van der Waals surface area contributed by atoms with Crippen molar-refractivity contribution in [2.24, 2.45) is 0 Å². The lowest BCUT2D eigenvalue weighted by Crippen LogP contribution is -2.56. The van der Waals surface area contributed by atoms with Gasteiger partial charge in [-0.25, -0.2) is 9.78 Å². The molecule has 0 N–H and O–H groups in total. The van der Waals surface area contributed by atoms with Crippen molar-refractivity contribution in [3.05, 3.63) is 99.4 Å². The number of carbonyl (C=O) groups is 2. The first-order chi connectivity index (χ1) is 20.7. The van der Waals surface area contributed by atoms with Crippen molar-refractivity contribution in [1.29, 1.82) is 0 Å². The molecule has 0 spiro atoms. The summed E-state index contributed by atoms with van der Waals surface area (Å²) in [4.78, 5) is 33.0. The molecule has 1 fully saturated rings. The minimum Gasteiger partial charge on any atom is -0.465 e. The second-order valence-corrected chi connectivity index (χ2v) is 10.5. The van der Waals surface area contributed by atoms with Crippen LogP contribution < -0.4 is 0 Å². The molecule has 0 radical (unpaired) electrons. The van der Waals surface area contributed by atoms with Crippen LogP contribution in [0.2, 0.25) is 0 Å². The number of aryl methyl sites for hydroxylation is 2. The lowest BCUT2D eigenvalue weighted by Gasteiger charge is -2.41. The van der Waals surface area contributed by atoms with E-state index < -0.39 is 47.0 Å². The number of methoxy groups -OCH3 is 1. The van der Waals surface area contributed by atoms with Gasteiger partial charge in [-0.05, 0) is 73.2 Å². The molecule has 1 saturated heterocycles. The smallest absolute Gasteiger partial charge is 0.416 e. The molecule has 0 saturated carbocycles. The highest BCUT2D eigenvalue weighted by atomic mass is 35.5. The molecule has 0 aliphatic carbocycles. The SMILES string of the molecule is COC(=O)c1cccnc1C#CCN1CCN(C(=O)c2cc(C(F)(F)F)cc(C(F)(F)F)c2)[C@H](Cc2ccc(C)c(C)c2)C1.Cl.Cl. The highest BCUT2D eigenvalue weighted by Gasteiger charge is 2.39. The zero-order valence-electron chi connectivity index (χ0n) is 25.0. The van der Waals surface area contributed by atoms with Crippen LogP contribution in [0.3, 0.4) is 0 Å². The van der Waals surface area contributed by atoms with Gasteiger partial charge < -0.3 is 9.64 Å². The molecule has 3 aromatic rings. The van der Waals surface area contributed by atoms with Crippen LogP contribution in [0.4, 0.5) is 26.3 Å². The first-order valence-corrected chi connectivity index (χ1v) is 13.6. The normalized spacial score (nSPS) is 15.2. The summed E-state index contributed by atoms with van der Waals surface area (Å²) in [7, 11) is 1.24. The van der Waals surface area contributed by atoms with Crippen LogP contribution >= 0.6 is 24.8 Å². The summed E-state index contributed by atoms with van der Waals surface area (Å²) in [6.45, 7) is 4.64. The Hall–Kier alpha value is -3.79. The van der Waals surface area contributed by atoms with Crippen LogP contribution in [0, 0.1) is 25.7 Å². The zero-order valence-corrected chi connectivity index (χ0v) is 26.6. The van der Waals surface area contributed by atoms with E-state index in [1.165, 1.54) is 24.3 Å². The second kappa shape index (κ2) is 15.7. The molecule has 0 unspecified atom stereocenters. The van der Waals surface area contributed by atoms with Gasteiger partial charge in [-0.2, -0.15) is 26.3 Å². The number of benzene rings is 2. The first kappa shape index (κ1) is 38.4. The molecule has 1 atom stereocenters. The van der Waals surface area contributed by atoms with Crippen LogP contribution in [0.5, 0.6) is 0 Å². The Morgan fingerprint density at radius 3 is 2.17 bits per heavy atom. The number of alkyl halides is 6. The first-order valence-electron chi connectivity index (χ1n) is 13.6. The topological polar surface area (TPSA) is 62.7 Å². The fourth-order valence-corrected chi connectivity index (χ4v) is 4.97. The third-order valence-electron chi connectivity index (χ3n) is 7.43. The van der Waals surface area contributed by atoms with E-state index in [-0.39, 0.29) is 68.3 Å². The third-order valence-corrected chi connectivity index (χ3v) is 7.43. The number of esters is 1.